The molecular formula is C31H44N2O3S2. The van der Waals surface area contributed by atoms with Crippen molar-refractivity contribution >= 4 is 29.5 Å². The lowest BCUT2D eigenvalue weighted by Gasteiger charge is -2.38. The fourth-order valence-electron chi connectivity index (χ4n) is 8.07. The van der Waals surface area contributed by atoms with Crippen LogP contribution in [0.4, 0.5) is 0 Å². The van der Waals surface area contributed by atoms with Crippen LogP contribution in [0.2, 0.25) is 0 Å². The first-order valence-electron chi connectivity index (χ1n) is 15.3. The molecule has 0 aromatic rings. The summed E-state index contributed by atoms with van der Waals surface area (Å²) in [7, 11) is 0. The third kappa shape index (κ3) is 6.94. The average molecular weight is 557 g/mol. The van der Waals surface area contributed by atoms with Gasteiger partial charge in [-0.05, 0) is 132 Å². The molecule has 5 rings (SSSR count). The second kappa shape index (κ2) is 13.5. The van der Waals surface area contributed by atoms with Crippen LogP contribution in [0.1, 0.15) is 103 Å². The third-order valence-electron chi connectivity index (χ3n) is 10.5. The van der Waals surface area contributed by atoms with Gasteiger partial charge in [0.25, 0.3) is 0 Å². The fourth-order valence-corrected chi connectivity index (χ4v) is 11.2. The molecule has 0 bridgehead atoms. The molecule has 0 aromatic heterocycles. The van der Waals surface area contributed by atoms with Crippen molar-refractivity contribution in [3.8, 4) is 12.1 Å². The van der Waals surface area contributed by atoms with Crippen molar-refractivity contribution in [3.63, 3.8) is 0 Å². The number of nitriles is 2. The highest BCUT2D eigenvalue weighted by Crippen LogP contribution is 2.51. The Bertz CT molecular complexity index is 924. The maximum Gasteiger partial charge on any atom is 0.350 e. The van der Waals surface area contributed by atoms with Crippen molar-refractivity contribution in [2.24, 2.45) is 35.5 Å². The van der Waals surface area contributed by atoms with E-state index in [1.54, 1.807) is 23.5 Å². The van der Waals surface area contributed by atoms with E-state index in [1.165, 1.54) is 38.5 Å². The molecule has 1 heterocycles. The molecule has 0 amide bonds. The Balaban J connectivity index is 1.06. The first-order chi connectivity index (χ1) is 18.5. The zero-order valence-corrected chi connectivity index (χ0v) is 24.3. The van der Waals surface area contributed by atoms with Crippen LogP contribution < -0.4 is 0 Å². The van der Waals surface area contributed by atoms with Crippen LogP contribution in [0.5, 0.6) is 0 Å². The molecule has 5 aliphatic rings. The zero-order chi connectivity index (χ0) is 26.5. The number of carbonyl (C=O) groups excluding carboxylic acids is 1. The van der Waals surface area contributed by atoms with Gasteiger partial charge >= 0.3 is 5.97 Å². The first-order valence-corrected chi connectivity index (χ1v) is 17.1. The topological polar surface area (TPSA) is 94.1 Å². The molecule has 1 saturated heterocycles. The molecule has 0 radical (unpaired) electrons. The summed E-state index contributed by atoms with van der Waals surface area (Å²) in [5, 5.41) is 29.3. The van der Waals surface area contributed by atoms with E-state index in [0.717, 1.165) is 86.0 Å². The number of ether oxygens (including phenoxy) is 1. The highest BCUT2D eigenvalue weighted by Gasteiger charge is 2.38. The Kier molecular flexibility index (Phi) is 10.1. The van der Waals surface area contributed by atoms with Crippen LogP contribution in [0, 0.1) is 58.2 Å². The molecule has 1 N–H and O–H groups in total. The van der Waals surface area contributed by atoms with Gasteiger partial charge in [-0.3, -0.25) is 0 Å². The second-order valence-electron chi connectivity index (χ2n) is 12.7. The largest absolute Gasteiger partial charge is 0.458 e. The van der Waals surface area contributed by atoms with E-state index in [9.17, 15) is 20.4 Å². The highest BCUT2D eigenvalue weighted by molar-refractivity contribution is 8.25. The lowest BCUT2D eigenvalue weighted by Crippen LogP contribution is -2.30. The van der Waals surface area contributed by atoms with Gasteiger partial charge in [-0.1, -0.05) is 0 Å². The molecular weight excluding hydrogens is 512 g/mol. The number of carbonyl (C=O) groups is 1. The number of hydrogen-bond donors (Lipinski definition) is 1. The van der Waals surface area contributed by atoms with Crippen molar-refractivity contribution < 1.29 is 14.6 Å². The van der Waals surface area contributed by atoms with Crippen molar-refractivity contribution in [2.45, 2.75) is 120 Å². The Labute approximate surface area is 237 Å². The minimum absolute atomic E-state index is 0.0671. The zero-order valence-electron chi connectivity index (χ0n) is 22.7. The monoisotopic (exact) mass is 556 g/mol. The van der Waals surface area contributed by atoms with Gasteiger partial charge in [0.1, 0.15) is 12.2 Å². The van der Waals surface area contributed by atoms with Crippen molar-refractivity contribution in [1.29, 1.82) is 10.5 Å². The molecule has 4 aliphatic carbocycles. The van der Waals surface area contributed by atoms with E-state index in [1.807, 2.05) is 0 Å². The molecule has 1 atom stereocenters. The quantitative estimate of drug-likeness (QED) is 0.215. The van der Waals surface area contributed by atoms with Gasteiger partial charge in [0.05, 0.1) is 16.4 Å². The molecule has 5 nitrogen and oxygen atoms in total. The van der Waals surface area contributed by atoms with E-state index < -0.39 is 5.97 Å². The smallest absolute Gasteiger partial charge is 0.350 e. The van der Waals surface area contributed by atoms with E-state index in [0.29, 0.717) is 23.0 Å². The summed E-state index contributed by atoms with van der Waals surface area (Å²) < 4.78 is 6.76. The van der Waals surface area contributed by atoms with Crippen LogP contribution in [-0.2, 0) is 9.53 Å². The summed E-state index contributed by atoms with van der Waals surface area (Å²) in [5.41, 5.74) is 0.230. The van der Waals surface area contributed by atoms with E-state index >= 15 is 0 Å². The third-order valence-corrected chi connectivity index (χ3v) is 13.6. The van der Waals surface area contributed by atoms with Crippen LogP contribution in [-0.4, -0.2) is 34.3 Å². The van der Waals surface area contributed by atoms with Gasteiger partial charge in [0.15, 0.2) is 5.57 Å². The summed E-state index contributed by atoms with van der Waals surface area (Å²) in [4.78, 5) is 13.0. The SMILES string of the molecule is N#C/C(C(=O)OC1CCC(C2CCC(O)CC2)CC1)=C1/SCC(C2CCC(C3CCC(C#N)CC3)CC2)S1. The first kappa shape index (κ1) is 28.4. The number of esters is 1. The maximum absolute atomic E-state index is 13.0. The molecule has 4 saturated carbocycles. The summed E-state index contributed by atoms with van der Waals surface area (Å²) >= 11 is 3.45. The number of rotatable bonds is 5. The highest BCUT2D eigenvalue weighted by atomic mass is 32.2. The Morgan fingerprint density at radius 3 is 1.79 bits per heavy atom. The van der Waals surface area contributed by atoms with E-state index in [-0.39, 0.29) is 23.7 Å². The molecule has 0 spiro atoms. The predicted octanol–water partition coefficient (Wildman–Crippen LogP) is 7.36. The Hall–Kier alpha value is -1.15. The lowest BCUT2D eigenvalue weighted by atomic mass is 9.69. The van der Waals surface area contributed by atoms with Crippen molar-refractivity contribution in [2.75, 3.05) is 5.75 Å². The number of aliphatic hydroxyl groups is 1. The fraction of sp³-hybridized carbons (Fsp3) is 0.839. The van der Waals surface area contributed by atoms with Crippen LogP contribution in [0.15, 0.2) is 9.81 Å². The van der Waals surface area contributed by atoms with Gasteiger partial charge in [-0.2, -0.15) is 10.5 Å². The molecule has 208 valence electrons. The normalized spacial score (nSPS) is 41.5. The molecule has 5 fully saturated rings. The minimum atomic E-state index is -0.413. The molecule has 1 unspecified atom stereocenters. The van der Waals surface area contributed by atoms with Crippen LogP contribution in [0.25, 0.3) is 0 Å². The van der Waals surface area contributed by atoms with Gasteiger partial charge in [-0.25, -0.2) is 4.79 Å². The maximum atomic E-state index is 13.0. The standard InChI is InChI=1S/C31H44N2O3S2/c32-17-20-1-3-21(4-2-20)22-5-7-25(8-6-22)29-19-37-31(38-29)28(18-33)30(35)36-27-15-11-24(12-16-27)23-9-13-26(34)14-10-23/h20-27,29,34H,1-16,19H2/b31-28+. The van der Waals surface area contributed by atoms with Gasteiger partial charge in [0, 0.05) is 16.9 Å². The minimum Gasteiger partial charge on any atom is -0.458 e. The number of thioether (sulfide) groups is 2. The Morgan fingerprint density at radius 2 is 1.24 bits per heavy atom. The lowest BCUT2D eigenvalue weighted by molar-refractivity contribution is -0.146. The number of aliphatic hydroxyl groups excluding tert-OH is 1. The number of hydrogen-bond acceptors (Lipinski definition) is 7. The molecule has 38 heavy (non-hydrogen) atoms. The van der Waals surface area contributed by atoms with Gasteiger partial charge in [0.2, 0.25) is 0 Å². The van der Waals surface area contributed by atoms with Crippen molar-refractivity contribution in [3.05, 3.63) is 9.81 Å². The van der Waals surface area contributed by atoms with Gasteiger partial charge in [-0.15, -0.1) is 23.5 Å². The van der Waals surface area contributed by atoms with Crippen LogP contribution in [0.3, 0.4) is 0 Å². The summed E-state index contributed by atoms with van der Waals surface area (Å²) in [6.45, 7) is 0. The molecule has 1 aliphatic heterocycles. The van der Waals surface area contributed by atoms with Crippen LogP contribution >= 0.6 is 23.5 Å². The summed E-state index contributed by atoms with van der Waals surface area (Å²) in [5.74, 6) is 4.57. The molecule has 0 aromatic carbocycles. The Morgan fingerprint density at radius 1 is 0.737 bits per heavy atom. The predicted molar refractivity (Wildman–Crippen MR) is 153 cm³/mol. The summed E-state index contributed by atoms with van der Waals surface area (Å²) in [6.07, 6.45) is 17.6. The van der Waals surface area contributed by atoms with Gasteiger partial charge < -0.3 is 9.84 Å². The average Bonchev–Trinajstić information content (AvgIpc) is 3.44. The summed E-state index contributed by atoms with van der Waals surface area (Å²) in [6, 6.07) is 4.66. The molecule has 7 heteroatoms. The van der Waals surface area contributed by atoms with E-state index in [4.69, 9.17) is 4.74 Å². The second-order valence-corrected chi connectivity index (χ2v) is 15.2. The van der Waals surface area contributed by atoms with E-state index in [2.05, 4.69) is 12.1 Å². The number of nitrogens with zero attached hydrogens (tertiary/aromatic N) is 2. The van der Waals surface area contributed by atoms with Crippen molar-refractivity contribution in [1.82, 2.24) is 0 Å².